The lowest BCUT2D eigenvalue weighted by Gasteiger charge is -2.10. The lowest BCUT2D eigenvalue weighted by molar-refractivity contribution is 0.190. The van der Waals surface area contributed by atoms with E-state index in [4.69, 9.17) is 4.98 Å². The van der Waals surface area contributed by atoms with E-state index in [9.17, 15) is 0 Å². The number of aromatic nitrogens is 1. The molecule has 94 valence electrons. The normalized spacial score (nSPS) is 10.6. The summed E-state index contributed by atoms with van der Waals surface area (Å²) in [6, 6.07) is 18.3. The van der Waals surface area contributed by atoms with Crippen LogP contribution in [0, 0.1) is 14.0 Å². The van der Waals surface area contributed by atoms with Crippen LogP contribution in [0.4, 0.5) is 0 Å². The van der Waals surface area contributed by atoms with Crippen molar-refractivity contribution < 1.29 is 4.74 Å². The van der Waals surface area contributed by atoms with E-state index in [0.29, 0.717) is 0 Å². The van der Waals surface area contributed by atoms with Crippen molar-refractivity contribution in [3.8, 4) is 17.0 Å². The monoisotopic (exact) mass is 249 g/mol. The number of hydrogen-bond acceptors (Lipinski definition) is 1. The molecule has 2 nitrogen and oxygen atoms in total. The third kappa shape index (κ3) is 2.17. The van der Waals surface area contributed by atoms with Gasteiger partial charge in [-0.15, -0.1) is 0 Å². The fourth-order valence-electron chi connectivity index (χ4n) is 2.21. The maximum Gasteiger partial charge on any atom is 0.237 e. The van der Waals surface area contributed by atoms with Crippen LogP contribution in [0.1, 0.15) is 5.56 Å². The van der Waals surface area contributed by atoms with Gasteiger partial charge in [-0.05, 0) is 26.2 Å². The van der Waals surface area contributed by atoms with Gasteiger partial charge in [-0.1, -0.05) is 42.0 Å². The zero-order valence-corrected chi connectivity index (χ0v) is 10.8. The molecule has 0 saturated carbocycles. The van der Waals surface area contributed by atoms with Gasteiger partial charge in [0.1, 0.15) is 0 Å². The van der Waals surface area contributed by atoms with E-state index >= 15 is 0 Å². The zero-order chi connectivity index (χ0) is 13.2. The molecule has 1 N–H and O–H groups in total. The fourth-order valence-corrected chi connectivity index (χ4v) is 2.21. The van der Waals surface area contributed by atoms with Crippen molar-refractivity contribution in [3.05, 3.63) is 67.3 Å². The van der Waals surface area contributed by atoms with Crippen molar-refractivity contribution >= 4 is 10.9 Å². The van der Waals surface area contributed by atoms with Crippen molar-refractivity contribution in [1.82, 2.24) is 4.98 Å². The Morgan fingerprint density at radius 3 is 2.53 bits per heavy atom. The first kappa shape index (κ1) is 11.7. The molecule has 0 radical (unpaired) electrons. The quantitative estimate of drug-likeness (QED) is 0.492. The standard InChI is InChI=1S/C17H15NO/c1-12-8-9-15-14(10-12)17(19-2)11-16(18-15)13-6-4-3-5-7-13/h3-11,19H,2H2,1H3. The van der Waals surface area contributed by atoms with Crippen LogP contribution in [0.2, 0.25) is 0 Å². The van der Waals surface area contributed by atoms with E-state index < -0.39 is 0 Å². The smallest absolute Gasteiger partial charge is 0.237 e. The summed E-state index contributed by atoms with van der Waals surface area (Å²) in [6.45, 7) is 2.07. The molecule has 0 unspecified atom stereocenters. The largest absolute Gasteiger partial charge is 0.721 e. The van der Waals surface area contributed by atoms with Crippen molar-refractivity contribution in [1.29, 1.82) is 0 Å². The van der Waals surface area contributed by atoms with Gasteiger partial charge in [0.05, 0.1) is 22.7 Å². The molecule has 0 bridgehead atoms. The summed E-state index contributed by atoms with van der Waals surface area (Å²) < 4.78 is 4.14. The number of aryl methyl sites for hydroxylation is 1. The first-order valence-electron chi connectivity index (χ1n) is 6.21. The molecule has 1 heterocycles. The summed E-state index contributed by atoms with van der Waals surface area (Å²) in [4.78, 5) is 4.71. The SMILES string of the molecule is [CH2-][OH+]c1cc(-c2ccccc2)nc2ccc(C)cc12. The van der Waals surface area contributed by atoms with Crippen molar-refractivity contribution in [2.45, 2.75) is 6.92 Å². The minimum atomic E-state index is 0.882. The highest BCUT2D eigenvalue weighted by atomic mass is 16.5. The Kier molecular flexibility index (Phi) is 2.92. The third-order valence-corrected chi connectivity index (χ3v) is 3.18. The average molecular weight is 249 g/mol. The number of hydrogen-bond donors (Lipinski definition) is 0. The van der Waals surface area contributed by atoms with E-state index in [1.807, 2.05) is 30.3 Å². The van der Waals surface area contributed by atoms with Crippen molar-refractivity contribution in [2.75, 3.05) is 0 Å². The Hall–Kier alpha value is -2.35. The topological polar surface area (TPSA) is 25.7 Å². The predicted octanol–water partition coefficient (Wildman–Crippen LogP) is 4.24. The van der Waals surface area contributed by atoms with Gasteiger partial charge in [-0.3, -0.25) is 0 Å². The number of rotatable bonds is 2. The number of fused-ring (bicyclic) bond motifs is 1. The summed E-state index contributed by atoms with van der Waals surface area (Å²) >= 11 is 0. The summed E-state index contributed by atoms with van der Waals surface area (Å²) in [5.74, 6) is 0.882. The molecule has 0 saturated heterocycles. The maximum atomic E-state index is 4.71. The lowest BCUT2D eigenvalue weighted by Crippen LogP contribution is -1.89. The first-order chi connectivity index (χ1) is 9.28. The van der Waals surface area contributed by atoms with E-state index in [-0.39, 0.29) is 0 Å². The predicted molar refractivity (Wildman–Crippen MR) is 78.9 cm³/mol. The molecule has 3 aromatic rings. The molecule has 2 aromatic carbocycles. The molecular weight excluding hydrogens is 234 g/mol. The van der Waals surface area contributed by atoms with Gasteiger partial charge >= 0.3 is 0 Å². The van der Waals surface area contributed by atoms with Gasteiger partial charge in [-0.25, -0.2) is 4.98 Å². The molecule has 0 fully saturated rings. The molecule has 2 heteroatoms. The van der Waals surface area contributed by atoms with E-state index in [0.717, 1.165) is 27.9 Å². The van der Waals surface area contributed by atoms with Crippen LogP contribution in [0.3, 0.4) is 0 Å². The molecule has 0 aliphatic heterocycles. The van der Waals surface area contributed by atoms with Crippen LogP contribution in [0.15, 0.2) is 54.6 Å². The zero-order valence-electron chi connectivity index (χ0n) is 10.8. The van der Waals surface area contributed by atoms with E-state index in [1.165, 1.54) is 5.56 Å². The van der Waals surface area contributed by atoms with Gasteiger partial charge in [0.25, 0.3) is 0 Å². The minimum Gasteiger partial charge on any atom is -0.721 e. The highest BCUT2D eigenvalue weighted by Gasteiger charge is 2.10. The fraction of sp³-hybridized carbons (Fsp3) is 0.0588. The number of nitrogens with zero attached hydrogens (tertiary/aromatic N) is 1. The minimum absolute atomic E-state index is 0.882. The maximum absolute atomic E-state index is 4.71. The summed E-state index contributed by atoms with van der Waals surface area (Å²) in [6.07, 6.45) is 0. The summed E-state index contributed by atoms with van der Waals surface area (Å²) in [5.41, 5.74) is 4.18. The molecule has 0 amide bonds. The van der Waals surface area contributed by atoms with E-state index in [1.54, 1.807) is 0 Å². The molecule has 0 spiro atoms. The lowest BCUT2D eigenvalue weighted by atomic mass is 10.1. The number of aromatic hydroxyl groups is 1. The van der Waals surface area contributed by atoms with Gasteiger partial charge < -0.3 is 4.74 Å². The van der Waals surface area contributed by atoms with E-state index in [2.05, 4.69) is 43.0 Å². The first-order valence-corrected chi connectivity index (χ1v) is 6.21. The molecule has 0 aliphatic carbocycles. The Bertz CT molecular complexity index is 720. The van der Waals surface area contributed by atoms with Gasteiger partial charge in [0.2, 0.25) is 5.75 Å². The van der Waals surface area contributed by atoms with Gasteiger partial charge in [-0.2, -0.15) is 0 Å². The van der Waals surface area contributed by atoms with Crippen molar-refractivity contribution in [2.24, 2.45) is 0 Å². The molecule has 0 aliphatic rings. The van der Waals surface area contributed by atoms with Crippen LogP contribution in [0.25, 0.3) is 22.2 Å². The number of pyridine rings is 1. The van der Waals surface area contributed by atoms with Crippen LogP contribution < -0.4 is 0 Å². The highest BCUT2D eigenvalue weighted by Crippen LogP contribution is 2.30. The highest BCUT2D eigenvalue weighted by molar-refractivity contribution is 5.88. The molecule has 1 aromatic heterocycles. The second-order valence-corrected chi connectivity index (χ2v) is 4.57. The molecule has 3 rings (SSSR count). The second kappa shape index (κ2) is 4.73. The Balaban J connectivity index is 2.26. The second-order valence-electron chi connectivity index (χ2n) is 4.57. The van der Waals surface area contributed by atoms with Crippen LogP contribution >= 0.6 is 0 Å². The number of ether oxygens (including phenoxy) is 1. The Labute approximate surface area is 112 Å². The molecular formula is C17H15NO. The van der Waals surface area contributed by atoms with Crippen LogP contribution in [-0.2, 0) is 0 Å². The van der Waals surface area contributed by atoms with Crippen LogP contribution in [0.5, 0.6) is 5.75 Å². The average Bonchev–Trinajstić information content (AvgIpc) is 2.47. The van der Waals surface area contributed by atoms with Gasteiger partial charge in [0, 0.05) is 5.56 Å². The van der Waals surface area contributed by atoms with Crippen molar-refractivity contribution in [3.63, 3.8) is 0 Å². The molecule has 0 atom stereocenters. The number of aliphatic hydroxyl groups is 1. The Morgan fingerprint density at radius 2 is 1.79 bits per heavy atom. The molecule has 19 heavy (non-hydrogen) atoms. The van der Waals surface area contributed by atoms with Crippen LogP contribution in [-0.4, -0.2) is 9.72 Å². The van der Waals surface area contributed by atoms with Gasteiger partial charge in [0.15, 0.2) is 0 Å². The summed E-state index contributed by atoms with van der Waals surface area (Å²) in [7, 11) is 3.67. The number of benzene rings is 2. The Morgan fingerprint density at radius 1 is 1.00 bits per heavy atom. The summed E-state index contributed by atoms with van der Waals surface area (Å²) in [5, 5.41) is 1.05. The third-order valence-electron chi connectivity index (χ3n) is 3.18.